The second-order valence-corrected chi connectivity index (χ2v) is 22.0. The molecule has 16 nitrogen and oxygen atoms in total. The molecule has 0 unspecified atom stereocenters. The Morgan fingerprint density at radius 3 is 0.222 bits per heavy atom. The third kappa shape index (κ3) is 6.17. The van der Waals surface area contributed by atoms with Gasteiger partial charge in [-0.05, 0) is 0 Å². The van der Waals surface area contributed by atoms with Gasteiger partial charge >= 0.3 is 0 Å². The molecule has 0 N–H and O–H groups in total. The molecule has 320 valence electrons. The van der Waals surface area contributed by atoms with Gasteiger partial charge in [-0.1, -0.05) is 0 Å². The molecule has 0 amide bonds. The van der Waals surface area contributed by atoms with E-state index in [0.29, 0.717) is 0 Å². The van der Waals surface area contributed by atoms with E-state index in [0.717, 1.165) is 90.7 Å². The predicted molar refractivity (Wildman–Crippen MR) is 262 cm³/mol. The van der Waals surface area contributed by atoms with Crippen molar-refractivity contribution in [3.8, 4) is 175 Å². The molecule has 0 fully saturated rings. The molecule has 0 spiro atoms. The fourth-order valence-electron chi connectivity index (χ4n) is 7.71. The maximum Gasteiger partial charge on any atom is 0.102 e. The van der Waals surface area contributed by atoms with Crippen LogP contribution in [0.4, 0.5) is 0 Å². The molecular formula is C48N16S8. The van der Waals surface area contributed by atoms with Gasteiger partial charge in [-0.15, -0.1) is 90.7 Å². The standard InChI is InChI=1S/C48N16S8/c49-1-17-18(2-50)34-36-21(5-53)22(6-54)39(67-36)40-25(9-57)26(10-58)43(69-40)44-29(13-61)30(14-62)47(71-44)48-32(16-64)31(15-63)46(72-48)45-28(12-60)27(11-59)42(70-45)41-24(8-56)23(7-55)38(68-41)37-20(4-52)19(3-51)35(66-37)33(17)65-34. The van der Waals surface area contributed by atoms with Crippen molar-refractivity contribution >= 4 is 90.7 Å². The minimum Gasteiger partial charge on any atom is -0.192 e. The monoisotopic (exact) mass is 1060 g/mol. The molecule has 24 heteroatoms. The highest BCUT2D eigenvalue weighted by molar-refractivity contribution is 7.33. The molecule has 1 aliphatic heterocycles. The van der Waals surface area contributed by atoms with Crippen molar-refractivity contribution in [3.05, 3.63) is 89.0 Å². The Balaban J connectivity index is 1.52. The van der Waals surface area contributed by atoms with E-state index >= 15 is 0 Å². The van der Waals surface area contributed by atoms with Crippen LogP contribution in [0.3, 0.4) is 0 Å². The van der Waals surface area contributed by atoms with Crippen LogP contribution in [0.25, 0.3) is 78.0 Å². The summed E-state index contributed by atoms with van der Waals surface area (Å²) in [5.41, 5.74) is -4.52. The molecule has 0 saturated carbocycles. The Labute approximate surface area is 435 Å². The highest BCUT2D eigenvalue weighted by Gasteiger charge is 2.37. The van der Waals surface area contributed by atoms with Gasteiger partial charge in [0.2, 0.25) is 0 Å². The second-order valence-electron chi connectivity index (χ2n) is 13.9. The summed E-state index contributed by atoms with van der Waals surface area (Å²) in [4.78, 5) is -0.247. The van der Waals surface area contributed by atoms with Crippen molar-refractivity contribution in [3.63, 3.8) is 0 Å². The van der Waals surface area contributed by atoms with Gasteiger partial charge in [0.15, 0.2) is 0 Å². The van der Waals surface area contributed by atoms with E-state index < -0.39 is 0 Å². The Bertz CT molecular complexity index is 3510. The van der Waals surface area contributed by atoms with E-state index in [2.05, 4.69) is 0 Å². The van der Waals surface area contributed by atoms with Gasteiger partial charge in [0.25, 0.3) is 0 Å². The number of hydrogen-bond donors (Lipinski definition) is 0. The molecule has 0 aliphatic carbocycles. The van der Waals surface area contributed by atoms with Crippen LogP contribution in [0.15, 0.2) is 0 Å². The molecule has 9 rings (SSSR count). The molecule has 0 atom stereocenters. The van der Waals surface area contributed by atoms with Crippen LogP contribution < -0.4 is 0 Å². The maximum atomic E-state index is 10.7. The van der Waals surface area contributed by atoms with Crippen molar-refractivity contribution < 1.29 is 0 Å². The SMILES string of the molecule is N#Cc1c2sc(c1C#N)-c1sc(c(C#N)c1C#N)-c1sc(c(C#N)c1C#N)-c1sc(c(C#N)c1C#N)-c1sc(c(C#N)c1C#N)-c1sc(c(C#N)c1C#N)-c1sc(c(C#N)c1C#N)-c1sc-2c(C#N)c1C#N. The lowest BCUT2D eigenvalue weighted by molar-refractivity contribution is 1.44. The molecule has 1 aliphatic rings. The third-order valence-electron chi connectivity index (χ3n) is 10.7. The van der Waals surface area contributed by atoms with Crippen molar-refractivity contribution in [2.75, 3.05) is 0 Å². The number of nitrogens with zero attached hydrogens (tertiary/aromatic N) is 16. The van der Waals surface area contributed by atoms with Crippen molar-refractivity contribution in [2.24, 2.45) is 0 Å². The highest BCUT2D eigenvalue weighted by atomic mass is 32.1. The van der Waals surface area contributed by atoms with E-state index in [1.807, 2.05) is 97.1 Å². The van der Waals surface area contributed by atoms with E-state index in [1.165, 1.54) is 0 Å². The predicted octanol–water partition coefficient (Wildman–Crippen LogP) is 11.8. The second kappa shape index (κ2) is 17.8. The molecular weight excluding hydrogens is 1060 g/mol. The molecule has 8 aromatic heterocycles. The molecule has 16 bridgehead atoms. The van der Waals surface area contributed by atoms with E-state index in [4.69, 9.17) is 0 Å². The van der Waals surface area contributed by atoms with Gasteiger partial charge in [0.1, 0.15) is 97.1 Å². The first kappa shape index (κ1) is 46.5. The summed E-state index contributed by atoms with van der Waals surface area (Å²) in [6.07, 6.45) is 0. The molecule has 8 aromatic rings. The summed E-state index contributed by atoms with van der Waals surface area (Å²) >= 11 is 6.23. The van der Waals surface area contributed by atoms with Gasteiger partial charge in [-0.2, -0.15) is 84.2 Å². The average molecular weight is 1060 g/mol. The third-order valence-corrected chi connectivity index (χ3v) is 21.5. The van der Waals surface area contributed by atoms with Gasteiger partial charge < -0.3 is 0 Å². The summed E-state index contributed by atoms with van der Waals surface area (Å²) < 4.78 is 0. The summed E-state index contributed by atoms with van der Waals surface area (Å²) in [5, 5.41) is 171. The first-order valence-electron chi connectivity index (χ1n) is 18.8. The van der Waals surface area contributed by atoms with Gasteiger partial charge in [-0.3, -0.25) is 0 Å². The fraction of sp³-hybridized carbons (Fsp3) is 0. The Kier molecular flexibility index (Phi) is 11.5. The fourth-order valence-corrected chi connectivity index (χ4v) is 18.5. The Hall–Kier alpha value is -10.6. The molecule has 0 saturated heterocycles. The smallest absolute Gasteiger partial charge is 0.102 e. The highest BCUT2D eigenvalue weighted by Crippen LogP contribution is 2.59. The van der Waals surface area contributed by atoms with Gasteiger partial charge in [0, 0.05) is 0 Å². The summed E-state index contributed by atoms with van der Waals surface area (Å²) in [7, 11) is 0. The number of rotatable bonds is 0. The number of fused-ring (bicyclic) bond motifs is 24. The lowest BCUT2D eigenvalue weighted by atomic mass is 10.0. The summed E-state index contributed by atoms with van der Waals surface area (Å²) in [6, 6.07) is 31.8. The van der Waals surface area contributed by atoms with Crippen molar-refractivity contribution in [2.45, 2.75) is 0 Å². The van der Waals surface area contributed by atoms with Crippen LogP contribution in [0, 0.1) is 181 Å². The van der Waals surface area contributed by atoms with Crippen LogP contribution in [-0.2, 0) is 0 Å². The largest absolute Gasteiger partial charge is 0.192 e. The van der Waals surface area contributed by atoms with Crippen molar-refractivity contribution in [1.82, 2.24) is 0 Å². The number of hydrogen-bond acceptors (Lipinski definition) is 24. The van der Waals surface area contributed by atoms with Crippen molar-refractivity contribution in [1.29, 1.82) is 84.2 Å². The number of thiophene rings is 8. The zero-order chi connectivity index (χ0) is 51.4. The Morgan fingerprint density at radius 1 is 0.125 bits per heavy atom. The van der Waals surface area contributed by atoms with Crippen LogP contribution in [0.5, 0.6) is 0 Å². The van der Waals surface area contributed by atoms with Gasteiger partial charge in [0.05, 0.1) is 167 Å². The van der Waals surface area contributed by atoms with E-state index in [-0.39, 0.29) is 167 Å². The van der Waals surface area contributed by atoms with Crippen LogP contribution in [0.1, 0.15) is 89.0 Å². The summed E-state index contributed by atoms with van der Waals surface area (Å²) in [6.45, 7) is 0. The first-order chi connectivity index (χ1) is 35.0. The summed E-state index contributed by atoms with van der Waals surface area (Å²) in [5.74, 6) is 0. The van der Waals surface area contributed by atoms with E-state index in [1.54, 1.807) is 0 Å². The average Bonchev–Trinajstić information content (AvgIpc) is 4.28. The van der Waals surface area contributed by atoms with Crippen LogP contribution in [-0.4, -0.2) is 0 Å². The molecule has 9 heterocycles. The lowest BCUT2D eigenvalue weighted by Crippen LogP contribution is -1.86. The quantitative estimate of drug-likeness (QED) is 0.136. The number of nitriles is 16. The van der Waals surface area contributed by atoms with E-state index in [9.17, 15) is 84.2 Å². The minimum atomic E-state index is -0.283. The minimum absolute atomic E-state index is 0.0154. The zero-order valence-electron chi connectivity index (χ0n) is 34.4. The normalized spacial score (nSPS) is 10.0. The van der Waals surface area contributed by atoms with Crippen LogP contribution >= 0.6 is 90.7 Å². The molecule has 0 radical (unpaired) electrons. The topological polar surface area (TPSA) is 381 Å². The van der Waals surface area contributed by atoms with Crippen LogP contribution in [0.2, 0.25) is 0 Å². The molecule has 0 aromatic carbocycles. The maximum absolute atomic E-state index is 10.7. The first-order valence-corrected chi connectivity index (χ1v) is 25.4. The van der Waals surface area contributed by atoms with Gasteiger partial charge in [-0.25, -0.2) is 0 Å². The zero-order valence-corrected chi connectivity index (χ0v) is 41.0. The molecule has 72 heavy (non-hydrogen) atoms. The lowest BCUT2D eigenvalue weighted by Gasteiger charge is -1.95. The Morgan fingerprint density at radius 2 is 0.181 bits per heavy atom.